The zero-order valence-corrected chi connectivity index (χ0v) is 34.3. The van der Waals surface area contributed by atoms with Gasteiger partial charge in [0.2, 0.25) is 0 Å². The Morgan fingerprint density at radius 2 is 0.794 bits per heavy atom. The van der Waals surface area contributed by atoms with Gasteiger partial charge in [-0.05, 0) is 101 Å². The molecule has 0 saturated carbocycles. The highest BCUT2D eigenvalue weighted by Crippen LogP contribution is 2.47. The van der Waals surface area contributed by atoms with E-state index in [0.29, 0.717) is 83.8 Å². The van der Waals surface area contributed by atoms with Crippen molar-refractivity contribution >= 4 is 43.6 Å². The average molecular weight is 935 g/mol. The number of hydrogen-bond acceptors (Lipinski definition) is 2. The van der Waals surface area contributed by atoms with E-state index in [2.05, 4.69) is 11.1 Å². The molecule has 338 valence electrons. The first-order chi connectivity index (χ1) is 32.2. The van der Waals surface area contributed by atoms with Gasteiger partial charge in [-0.2, -0.15) is 57.9 Å². The maximum absolute atomic E-state index is 14.4. The maximum atomic E-state index is 14.4. The standard InChI is InChI=1S/C52H26F12N4/c53-49(54,55)32-15-17-34(40(23-32)51(59,60)61)30-13-19-44-38(21-30)36-5-1-3-7-42(36)67(44)46-26-66-27-47(48(46)29-11-9-28(25-65)10-12-29)68-43-8-4-2-6-37(43)39-22-31(14-20-45(39)68)35-18-16-33(50(56,57)58)24-41(35)52(62,63)64/h1-24,26-27H. The summed E-state index contributed by atoms with van der Waals surface area (Å²) >= 11 is 0. The fourth-order valence-corrected chi connectivity index (χ4v) is 9.00. The second-order valence-corrected chi connectivity index (χ2v) is 15.9. The smallest absolute Gasteiger partial charge is 0.307 e. The molecule has 0 bridgehead atoms. The van der Waals surface area contributed by atoms with Crippen LogP contribution < -0.4 is 0 Å². The molecule has 0 aliphatic carbocycles. The number of benzene rings is 7. The van der Waals surface area contributed by atoms with Gasteiger partial charge >= 0.3 is 24.7 Å². The predicted molar refractivity (Wildman–Crippen MR) is 234 cm³/mol. The topological polar surface area (TPSA) is 46.5 Å². The Balaban J connectivity index is 1.23. The van der Waals surface area contributed by atoms with Gasteiger partial charge in [-0.3, -0.25) is 4.98 Å². The molecular formula is C52H26F12N4. The van der Waals surface area contributed by atoms with Gasteiger partial charge in [0.25, 0.3) is 0 Å². The van der Waals surface area contributed by atoms with Gasteiger partial charge < -0.3 is 9.13 Å². The van der Waals surface area contributed by atoms with E-state index >= 15 is 0 Å². The third-order valence-electron chi connectivity index (χ3n) is 12.0. The van der Waals surface area contributed by atoms with E-state index in [-0.39, 0.29) is 23.3 Å². The van der Waals surface area contributed by atoms with E-state index in [1.54, 1.807) is 97.3 Å². The van der Waals surface area contributed by atoms with E-state index in [0.717, 1.165) is 12.1 Å². The molecule has 7 aromatic carbocycles. The molecule has 10 rings (SSSR count). The molecule has 0 atom stereocenters. The van der Waals surface area contributed by atoms with Crippen molar-refractivity contribution in [3.63, 3.8) is 0 Å². The van der Waals surface area contributed by atoms with Gasteiger partial charge in [0.1, 0.15) is 0 Å². The minimum Gasteiger partial charge on any atom is -0.307 e. The van der Waals surface area contributed by atoms with E-state index in [1.807, 2.05) is 9.13 Å². The molecule has 0 fully saturated rings. The third-order valence-corrected chi connectivity index (χ3v) is 12.0. The molecule has 0 N–H and O–H groups in total. The quantitative estimate of drug-likeness (QED) is 0.161. The van der Waals surface area contributed by atoms with E-state index in [1.165, 1.54) is 24.3 Å². The molecule has 10 aromatic rings. The summed E-state index contributed by atoms with van der Waals surface area (Å²) in [4.78, 5) is 4.68. The molecule has 0 amide bonds. The van der Waals surface area contributed by atoms with Gasteiger partial charge in [-0.1, -0.05) is 72.8 Å². The van der Waals surface area contributed by atoms with Crippen molar-refractivity contribution in [3.05, 3.63) is 186 Å². The number of pyridine rings is 1. The van der Waals surface area contributed by atoms with Gasteiger partial charge in [0.15, 0.2) is 0 Å². The lowest BCUT2D eigenvalue weighted by atomic mass is 9.95. The number of hydrogen-bond donors (Lipinski definition) is 0. The summed E-state index contributed by atoms with van der Waals surface area (Å²) < 4.78 is 172. The second-order valence-electron chi connectivity index (χ2n) is 15.9. The molecule has 0 unspecified atom stereocenters. The zero-order chi connectivity index (χ0) is 48.1. The number of fused-ring (bicyclic) bond motifs is 6. The Morgan fingerprint density at radius 1 is 0.397 bits per heavy atom. The van der Waals surface area contributed by atoms with Crippen molar-refractivity contribution in [2.45, 2.75) is 24.7 Å². The minimum absolute atomic E-state index is 0.00365. The van der Waals surface area contributed by atoms with Gasteiger partial charge in [-0.15, -0.1) is 0 Å². The van der Waals surface area contributed by atoms with Crippen molar-refractivity contribution < 1.29 is 52.7 Å². The monoisotopic (exact) mass is 934 g/mol. The molecule has 68 heavy (non-hydrogen) atoms. The van der Waals surface area contributed by atoms with Crippen molar-refractivity contribution in [3.8, 4) is 50.8 Å². The fourth-order valence-electron chi connectivity index (χ4n) is 9.00. The van der Waals surface area contributed by atoms with Crippen molar-refractivity contribution in [2.75, 3.05) is 0 Å². The Hall–Kier alpha value is -8.06. The first kappa shape index (κ1) is 43.8. The molecule has 0 spiro atoms. The number of halogens is 12. The third kappa shape index (κ3) is 7.34. The van der Waals surface area contributed by atoms with E-state index in [4.69, 9.17) is 0 Å². The number of nitrogens with zero attached hydrogens (tertiary/aromatic N) is 4. The van der Waals surface area contributed by atoms with Crippen LogP contribution in [0.15, 0.2) is 158 Å². The number of nitriles is 1. The van der Waals surface area contributed by atoms with Crippen LogP contribution in [0, 0.1) is 11.3 Å². The van der Waals surface area contributed by atoms with Gasteiger partial charge in [0, 0.05) is 27.1 Å². The van der Waals surface area contributed by atoms with E-state index in [9.17, 15) is 57.9 Å². The molecule has 0 aliphatic heterocycles. The average Bonchev–Trinajstić information content (AvgIpc) is 3.82. The summed E-state index contributed by atoms with van der Waals surface area (Å²) in [5.74, 6) is 0. The number of alkyl halides is 12. The Kier molecular flexibility index (Phi) is 9.99. The summed E-state index contributed by atoms with van der Waals surface area (Å²) in [6, 6.07) is 34.6. The lowest BCUT2D eigenvalue weighted by molar-refractivity contribution is -0.144. The summed E-state index contributed by atoms with van der Waals surface area (Å²) in [5.41, 5.74) is -2.34. The fraction of sp³-hybridized carbons (Fsp3) is 0.0769. The highest BCUT2D eigenvalue weighted by molar-refractivity contribution is 6.13. The number of aromatic nitrogens is 3. The summed E-state index contributed by atoms with van der Waals surface area (Å²) in [6.07, 6.45) is -17.2. The summed E-state index contributed by atoms with van der Waals surface area (Å²) in [7, 11) is 0. The van der Waals surface area contributed by atoms with Crippen LogP contribution in [0.1, 0.15) is 27.8 Å². The van der Waals surface area contributed by atoms with Crippen LogP contribution in [-0.2, 0) is 24.7 Å². The molecular weight excluding hydrogens is 909 g/mol. The van der Waals surface area contributed by atoms with Crippen LogP contribution in [0.4, 0.5) is 52.7 Å². The number of para-hydroxylation sites is 2. The first-order valence-electron chi connectivity index (χ1n) is 20.4. The maximum Gasteiger partial charge on any atom is 0.417 e. The van der Waals surface area contributed by atoms with Crippen LogP contribution in [0.25, 0.3) is 88.4 Å². The van der Waals surface area contributed by atoms with Crippen LogP contribution in [0.3, 0.4) is 0 Å². The summed E-state index contributed by atoms with van der Waals surface area (Å²) in [5, 5.41) is 11.8. The van der Waals surface area contributed by atoms with E-state index < -0.39 is 58.1 Å². The number of rotatable bonds is 5. The molecule has 3 heterocycles. The van der Waals surface area contributed by atoms with Crippen molar-refractivity contribution in [1.82, 2.24) is 14.1 Å². The molecule has 0 aliphatic rings. The van der Waals surface area contributed by atoms with Crippen LogP contribution in [-0.4, -0.2) is 14.1 Å². The molecule has 16 heteroatoms. The van der Waals surface area contributed by atoms with Crippen LogP contribution in [0.5, 0.6) is 0 Å². The van der Waals surface area contributed by atoms with Crippen molar-refractivity contribution in [2.24, 2.45) is 0 Å². The SMILES string of the molecule is N#Cc1ccc(-c2c(-n3c4ccccc4c4cc(-c5ccc(C(F)(F)F)cc5C(F)(F)F)ccc43)cncc2-n2c3ccccc3c3cc(-c4ccc(C(F)(F)F)cc4C(F)(F)F)ccc32)cc1. The molecule has 0 saturated heterocycles. The normalized spacial score (nSPS) is 12.7. The van der Waals surface area contributed by atoms with Crippen LogP contribution in [0.2, 0.25) is 0 Å². The highest BCUT2D eigenvalue weighted by atomic mass is 19.4. The predicted octanol–water partition coefficient (Wildman–Crippen LogP) is 16.2. The lowest BCUT2D eigenvalue weighted by Gasteiger charge is -2.20. The second kappa shape index (κ2) is 15.5. The Labute approximate surface area is 376 Å². The molecule has 4 nitrogen and oxygen atoms in total. The van der Waals surface area contributed by atoms with Gasteiger partial charge in [0.05, 0.1) is 79.7 Å². The molecule has 3 aromatic heterocycles. The minimum atomic E-state index is -5.13. The largest absolute Gasteiger partial charge is 0.417 e. The van der Waals surface area contributed by atoms with Crippen LogP contribution >= 0.6 is 0 Å². The zero-order valence-electron chi connectivity index (χ0n) is 34.3. The Bertz CT molecular complexity index is 3480. The highest BCUT2D eigenvalue weighted by Gasteiger charge is 2.40. The molecule has 0 radical (unpaired) electrons. The first-order valence-corrected chi connectivity index (χ1v) is 20.4. The van der Waals surface area contributed by atoms with Crippen molar-refractivity contribution in [1.29, 1.82) is 5.26 Å². The Morgan fingerprint density at radius 3 is 1.19 bits per heavy atom. The lowest BCUT2D eigenvalue weighted by Crippen LogP contribution is -2.12. The summed E-state index contributed by atoms with van der Waals surface area (Å²) in [6.45, 7) is 0. The van der Waals surface area contributed by atoms with Gasteiger partial charge in [-0.25, -0.2) is 0 Å².